The molecular weight excluding hydrogens is 258 g/mol. The van der Waals surface area contributed by atoms with E-state index in [0.717, 1.165) is 5.69 Å². The largest absolute Gasteiger partial charge is 0.368 e. The van der Waals surface area contributed by atoms with Crippen molar-refractivity contribution in [1.82, 2.24) is 4.90 Å². The van der Waals surface area contributed by atoms with Crippen molar-refractivity contribution in [2.45, 2.75) is 0 Å². The van der Waals surface area contributed by atoms with Crippen molar-refractivity contribution in [2.75, 3.05) is 31.1 Å². The summed E-state index contributed by atoms with van der Waals surface area (Å²) in [6.45, 7) is 2.49. The molecule has 2 rings (SSSR count). The second kappa shape index (κ2) is 5.22. The zero-order valence-corrected chi connectivity index (χ0v) is 10.3. The molecule has 1 aliphatic heterocycles. The Morgan fingerprint density at radius 3 is 2.17 bits per heavy atom. The van der Waals surface area contributed by atoms with Crippen LogP contribution in [0.5, 0.6) is 0 Å². The number of non-ortho nitro benzene ring substituents is 1. The third kappa shape index (κ3) is 2.70. The molecule has 1 amide bonds. The van der Waals surface area contributed by atoms with Crippen LogP contribution in [0.4, 0.5) is 16.2 Å². The van der Waals surface area contributed by atoms with Gasteiger partial charge in [0.1, 0.15) is 0 Å². The molecular formula is C11H12ClN3O3. The lowest BCUT2D eigenvalue weighted by atomic mass is 10.2. The van der Waals surface area contributed by atoms with Gasteiger partial charge in [0, 0.05) is 44.0 Å². The summed E-state index contributed by atoms with van der Waals surface area (Å²) in [7, 11) is 0. The molecule has 1 heterocycles. The molecule has 0 aromatic heterocycles. The zero-order valence-electron chi connectivity index (χ0n) is 9.58. The molecule has 18 heavy (non-hydrogen) atoms. The van der Waals surface area contributed by atoms with Crippen molar-refractivity contribution in [3.8, 4) is 0 Å². The molecule has 1 aromatic carbocycles. The predicted octanol–water partition coefficient (Wildman–Crippen LogP) is 2.08. The van der Waals surface area contributed by atoms with Crippen LogP contribution in [-0.2, 0) is 0 Å². The van der Waals surface area contributed by atoms with E-state index in [1.165, 1.54) is 12.1 Å². The van der Waals surface area contributed by atoms with E-state index >= 15 is 0 Å². The minimum Gasteiger partial charge on any atom is -0.368 e. The van der Waals surface area contributed by atoms with E-state index in [1.54, 1.807) is 17.0 Å². The van der Waals surface area contributed by atoms with E-state index in [-0.39, 0.29) is 5.69 Å². The van der Waals surface area contributed by atoms with Gasteiger partial charge in [0.05, 0.1) is 4.92 Å². The van der Waals surface area contributed by atoms with Gasteiger partial charge in [0.15, 0.2) is 0 Å². The number of halogens is 1. The van der Waals surface area contributed by atoms with Crippen LogP contribution in [0.3, 0.4) is 0 Å². The lowest BCUT2D eigenvalue weighted by Gasteiger charge is -2.34. The Hall–Kier alpha value is -1.82. The van der Waals surface area contributed by atoms with Crippen LogP contribution in [0.25, 0.3) is 0 Å². The molecule has 0 radical (unpaired) electrons. The molecule has 96 valence electrons. The molecule has 0 aliphatic carbocycles. The molecule has 0 saturated carbocycles. The van der Waals surface area contributed by atoms with Gasteiger partial charge in [-0.3, -0.25) is 14.9 Å². The van der Waals surface area contributed by atoms with E-state index in [9.17, 15) is 14.9 Å². The molecule has 0 N–H and O–H groups in total. The molecule has 6 nitrogen and oxygen atoms in total. The van der Waals surface area contributed by atoms with E-state index in [2.05, 4.69) is 4.90 Å². The van der Waals surface area contributed by atoms with Crippen molar-refractivity contribution < 1.29 is 9.72 Å². The summed E-state index contributed by atoms with van der Waals surface area (Å²) in [5.41, 5.74) is 0.996. The highest BCUT2D eigenvalue weighted by atomic mass is 35.5. The van der Waals surface area contributed by atoms with Crippen LogP contribution < -0.4 is 4.90 Å². The Bertz CT molecular complexity index is 455. The van der Waals surface area contributed by atoms with E-state index in [1.807, 2.05) is 0 Å². The quantitative estimate of drug-likeness (QED) is 0.357. The van der Waals surface area contributed by atoms with Crippen LogP contribution in [0.2, 0.25) is 0 Å². The zero-order chi connectivity index (χ0) is 13.1. The van der Waals surface area contributed by atoms with Gasteiger partial charge in [-0.1, -0.05) is 0 Å². The fourth-order valence-corrected chi connectivity index (χ4v) is 2.09. The highest BCUT2D eigenvalue weighted by Crippen LogP contribution is 2.20. The average molecular weight is 270 g/mol. The molecule has 0 unspecified atom stereocenters. The summed E-state index contributed by atoms with van der Waals surface area (Å²) in [4.78, 5) is 24.7. The summed E-state index contributed by atoms with van der Waals surface area (Å²) < 4.78 is 0. The third-order valence-corrected chi connectivity index (χ3v) is 3.19. The van der Waals surface area contributed by atoms with Gasteiger partial charge in [-0.15, -0.1) is 0 Å². The topological polar surface area (TPSA) is 66.7 Å². The number of nitro groups is 1. The maximum absolute atomic E-state index is 11.0. The Labute approximate surface area is 109 Å². The number of hydrogen-bond acceptors (Lipinski definition) is 4. The number of piperazine rings is 1. The normalized spacial score (nSPS) is 15.6. The second-order valence-corrected chi connectivity index (χ2v) is 4.32. The smallest absolute Gasteiger partial charge is 0.316 e. The second-order valence-electron chi connectivity index (χ2n) is 4.00. The number of anilines is 1. The fourth-order valence-electron chi connectivity index (χ4n) is 1.93. The summed E-state index contributed by atoms with van der Waals surface area (Å²) in [5, 5.41) is 10.1. The van der Waals surface area contributed by atoms with E-state index in [4.69, 9.17) is 11.6 Å². The Morgan fingerprint density at radius 1 is 1.17 bits per heavy atom. The first-order valence-corrected chi connectivity index (χ1v) is 5.89. The van der Waals surface area contributed by atoms with Crippen LogP contribution in [0, 0.1) is 10.1 Å². The number of amides is 1. The number of carbonyl (C=O) groups is 1. The molecule has 7 heteroatoms. The van der Waals surface area contributed by atoms with Gasteiger partial charge in [0.2, 0.25) is 0 Å². The number of rotatable bonds is 2. The molecule has 1 aliphatic rings. The molecule has 0 bridgehead atoms. The van der Waals surface area contributed by atoms with Gasteiger partial charge >= 0.3 is 5.37 Å². The summed E-state index contributed by atoms with van der Waals surface area (Å²) >= 11 is 5.40. The summed E-state index contributed by atoms with van der Waals surface area (Å²) in [6.07, 6.45) is 0. The van der Waals surface area contributed by atoms with Crippen molar-refractivity contribution in [3.05, 3.63) is 34.4 Å². The van der Waals surface area contributed by atoms with Gasteiger partial charge in [0.25, 0.3) is 5.69 Å². The minimum absolute atomic E-state index is 0.0771. The summed E-state index contributed by atoms with van der Waals surface area (Å²) in [5.74, 6) is 0. The maximum Gasteiger partial charge on any atom is 0.316 e. The molecule has 1 fully saturated rings. The number of hydrogen-bond donors (Lipinski definition) is 0. The molecule has 1 aromatic rings. The lowest BCUT2D eigenvalue weighted by molar-refractivity contribution is -0.384. The van der Waals surface area contributed by atoms with Gasteiger partial charge in [-0.2, -0.15) is 0 Å². The SMILES string of the molecule is O=C(Cl)N1CCN(c2ccc([N+](=O)[O-])cc2)CC1. The van der Waals surface area contributed by atoms with Crippen molar-refractivity contribution in [3.63, 3.8) is 0 Å². The minimum atomic E-state index is -0.432. The van der Waals surface area contributed by atoms with Crippen molar-refractivity contribution in [1.29, 1.82) is 0 Å². The van der Waals surface area contributed by atoms with Crippen molar-refractivity contribution in [2.24, 2.45) is 0 Å². The first-order chi connectivity index (χ1) is 8.58. The van der Waals surface area contributed by atoms with Crippen LogP contribution >= 0.6 is 11.6 Å². The number of nitrogens with zero attached hydrogens (tertiary/aromatic N) is 3. The van der Waals surface area contributed by atoms with E-state index < -0.39 is 10.3 Å². The first kappa shape index (κ1) is 12.6. The van der Waals surface area contributed by atoms with Gasteiger partial charge < -0.3 is 9.80 Å². The molecule has 0 atom stereocenters. The van der Waals surface area contributed by atoms with Crippen LogP contribution in [0.1, 0.15) is 0 Å². The predicted molar refractivity (Wildman–Crippen MR) is 68.1 cm³/mol. The molecule has 1 saturated heterocycles. The van der Waals surface area contributed by atoms with Crippen molar-refractivity contribution >= 4 is 28.3 Å². The summed E-state index contributed by atoms with van der Waals surface area (Å²) in [6, 6.07) is 6.40. The number of carbonyl (C=O) groups excluding carboxylic acids is 1. The van der Waals surface area contributed by atoms with Crippen LogP contribution in [0.15, 0.2) is 24.3 Å². The van der Waals surface area contributed by atoms with Crippen LogP contribution in [-0.4, -0.2) is 41.4 Å². The fraction of sp³-hybridized carbons (Fsp3) is 0.364. The average Bonchev–Trinajstić information content (AvgIpc) is 2.39. The standard InChI is InChI=1S/C11H12ClN3O3/c12-11(16)14-7-5-13(6-8-14)9-1-3-10(4-2-9)15(17)18/h1-4H,5-8H2. The van der Waals surface area contributed by atoms with Gasteiger partial charge in [-0.25, -0.2) is 0 Å². The highest BCUT2D eigenvalue weighted by molar-refractivity contribution is 6.62. The maximum atomic E-state index is 11.0. The monoisotopic (exact) mass is 269 g/mol. The van der Waals surface area contributed by atoms with E-state index in [0.29, 0.717) is 26.2 Å². The molecule has 0 spiro atoms. The first-order valence-electron chi connectivity index (χ1n) is 5.52. The Kier molecular flexibility index (Phi) is 3.66. The third-order valence-electron chi connectivity index (χ3n) is 2.95. The number of benzene rings is 1. The number of nitro benzene ring substituents is 1. The lowest BCUT2D eigenvalue weighted by Crippen LogP contribution is -2.47. The van der Waals surface area contributed by atoms with Gasteiger partial charge in [-0.05, 0) is 23.7 Å². The highest BCUT2D eigenvalue weighted by Gasteiger charge is 2.20. The Balaban J connectivity index is 2.01. The Morgan fingerprint density at radius 2 is 1.72 bits per heavy atom.